The summed E-state index contributed by atoms with van der Waals surface area (Å²) in [6, 6.07) is 9.81. The first-order valence-corrected chi connectivity index (χ1v) is 11.4. The minimum Gasteiger partial charge on any atom is -0.352 e. The van der Waals surface area contributed by atoms with Crippen LogP contribution in [0.15, 0.2) is 47.4 Å². The lowest BCUT2D eigenvalue weighted by molar-refractivity contribution is -0.138. The molecule has 1 amide bonds. The second kappa shape index (κ2) is 8.73. The summed E-state index contributed by atoms with van der Waals surface area (Å²) < 4.78 is 38.5. The number of hydrogen-bond donors (Lipinski definition) is 1. The van der Waals surface area contributed by atoms with Crippen molar-refractivity contribution in [3.63, 3.8) is 0 Å². The van der Waals surface area contributed by atoms with Crippen LogP contribution in [0.25, 0.3) is 10.8 Å². The highest BCUT2D eigenvalue weighted by Crippen LogP contribution is 2.34. The number of fused-ring (bicyclic) bond motifs is 3. The van der Waals surface area contributed by atoms with Gasteiger partial charge in [0.25, 0.3) is 5.56 Å². The Morgan fingerprint density at radius 2 is 1.76 bits per heavy atom. The van der Waals surface area contributed by atoms with Crippen LogP contribution in [0, 0.1) is 0 Å². The fourth-order valence-electron chi connectivity index (χ4n) is 5.14. The van der Waals surface area contributed by atoms with E-state index < -0.39 is 11.7 Å². The van der Waals surface area contributed by atoms with Crippen molar-refractivity contribution in [2.75, 3.05) is 18.0 Å². The fourth-order valence-corrected chi connectivity index (χ4v) is 5.14. The Morgan fingerprint density at radius 1 is 1.06 bits per heavy atom. The summed E-state index contributed by atoms with van der Waals surface area (Å²) in [6.07, 6.45) is -0.231. The third-order valence-electron chi connectivity index (χ3n) is 6.75. The number of nitrogens with zero attached hydrogens (tertiary/aromatic N) is 4. The van der Waals surface area contributed by atoms with Gasteiger partial charge >= 0.3 is 6.18 Å². The maximum absolute atomic E-state index is 13.1. The lowest BCUT2D eigenvalue weighted by atomic mass is 10.1. The van der Waals surface area contributed by atoms with Gasteiger partial charge < -0.3 is 9.80 Å². The standard InChI is InChI=1S/C24H24F3N5O2/c25-24(26,27)15-8-11-21(28-12-15)31-13-16-9-10-17(14-31)32(16)22(33)7-3-6-20-18-4-1-2-5-19(18)23(34)30-29-20/h1-2,4-5,8,11-12,16-17H,3,6-7,9-10,13-14H2,(H,30,34). The molecule has 0 radical (unpaired) electrons. The fraction of sp³-hybridized carbons (Fsp3) is 0.417. The minimum atomic E-state index is -4.41. The molecule has 34 heavy (non-hydrogen) atoms. The summed E-state index contributed by atoms with van der Waals surface area (Å²) in [5.74, 6) is 0.592. The van der Waals surface area contributed by atoms with Gasteiger partial charge in [0.2, 0.25) is 5.91 Å². The average Bonchev–Trinajstić information content (AvgIpc) is 3.09. The molecule has 178 valence electrons. The maximum atomic E-state index is 13.1. The van der Waals surface area contributed by atoms with Gasteiger partial charge in [0.05, 0.1) is 16.6 Å². The molecule has 1 N–H and O–H groups in total. The van der Waals surface area contributed by atoms with Crippen molar-refractivity contribution in [2.24, 2.45) is 0 Å². The molecular weight excluding hydrogens is 447 g/mol. The van der Waals surface area contributed by atoms with Gasteiger partial charge in [-0.3, -0.25) is 9.59 Å². The predicted molar refractivity (Wildman–Crippen MR) is 120 cm³/mol. The first kappa shape index (κ1) is 22.4. The van der Waals surface area contributed by atoms with E-state index in [0.717, 1.165) is 36.2 Å². The summed E-state index contributed by atoms with van der Waals surface area (Å²) in [4.78, 5) is 33.0. The molecule has 0 spiro atoms. The van der Waals surface area contributed by atoms with Crippen molar-refractivity contribution in [3.8, 4) is 0 Å². The van der Waals surface area contributed by atoms with Gasteiger partial charge in [-0.1, -0.05) is 18.2 Å². The largest absolute Gasteiger partial charge is 0.417 e. The van der Waals surface area contributed by atoms with Crippen LogP contribution in [-0.4, -0.2) is 51.2 Å². The van der Waals surface area contributed by atoms with Crippen LogP contribution in [0.5, 0.6) is 0 Å². The number of aromatic nitrogens is 3. The molecule has 2 saturated heterocycles. The average molecular weight is 471 g/mol. The van der Waals surface area contributed by atoms with Crippen LogP contribution in [0.4, 0.5) is 19.0 Å². The molecule has 2 atom stereocenters. The molecule has 2 aliphatic heterocycles. The number of anilines is 1. The van der Waals surface area contributed by atoms with Gasteiger partial charge in [-0.15, -0.1) is 0 Å². The Bertz CT molecular complexity index is 1240. The Hall–Kier alpha value is -3.43. The number of carbonyl (C=O) groups excluding carboxylic acids is 1. The van der Waals surface area contributed by atoms with E-state index in [4.69, 9.17) is 0 Å². The number of carbonyl (C=O) groups is 1. The van der Waals surface area contributed by atoms with E-state index in [-0.39, 0.29) is 23.6 Å². The van der Waals surface area contributed by atoms with E-state index in [9.17, 15) is 22.8 Å². The normalized spacial score (nSPS) is 20.2. The van der Waals surface area contributed by atoms with Crippen molar-refractivity contribution in [3.05, 3.63) is 64.2 Å². The highest BCUT2D eigenvalue weighted by Gasteiger charge is 2.42. The minimum absolute atomic E-state index is 0.0300. The van der Waals surface area contributed by atoms with Crippen molar-refractivity contribution in [2.45, 2.75) is 50.4 Å². The molecule has 2 unspecified atom stereocenters. The van der Waals surface area contributed by atoms with Gasteiger partial charge in [-0.05, 0) is 43.9 Å². The predicted octanol–water partition coefficient (Wildman–Crippen LogP) is 3.54. The summed E-state index contributed by atoms with van der Waals surface area (Å²) in [7, 11) is 0. The monoisotopic (exact) mass is 471 g/mol. The second-order valence-corrected chi connectivity index (χ2v) is 8.89. The quantitative estimate of drug-likeness (QED) is 0.616. The zero-order valence-electron chi connectivity index (χ0n) is 18.4. The summed E-state index contributed by atoms with van der Waals surface area (Å²) in [6.45, 7) is 1.12. The van der Waals surface area contributed by atoms with Gasteiger partial charge in [0.15, 0.2) is 0 Å². The Balaban J connectivity index is 1.20. The van der Waals surface area contributed by atoms with Crippen molar-refractivity contribution in [1.29, 1.82) is 0 Å². The number of nitrogens with one attached hydrogen (secondary N) is 1. The van der Waals surface area contributed by atoms with E-state index in [1.165, 1.54) is 6.07 Å². The van der Waals surface area contributed by atoms with Gasteiger partial charge in [0.1, 0.15) is 5.82 Å². The van der Waals surface area contributed by atoms with Gasteiger partial charge in [-0.2, -0.15) is 18.3 Å². The molecule has 2 aromatic heterocycles. The number of pyridine rings is 1. The van der Waals surface area contributed by atoms with Gasteiger partial charge in [0, 0.05) is 43.2 Å². The number of alkyl halides is 3. The van der Waals surface area contributed by atoms with Crippen molar-refractivity contribution >= 4 is 22.5 Å². The van der Waals surface area contributed by atoms with Crippen LogP contribution >= 0.6 is 0 Å². The highest BCUT2D eigenvalue weighted by atomic mass is 19.4. The number of aryl methyl sites for hydroxylation is 1. The smallest absolute Gasteiger partial charge is 0.352 e. The van der Waals surface area contributed by atoms with Crippen LogP contribution < -0.4 is 10.5 Å². The lowest BCUT2D eigenvalue weighted by Gasteiger charge is -2.41. The molecule has 3 aromatic rings. The van der Waals surface area contributed by atoms with Crippen molar-refractivity contribution < 1.29 is 18.0 Å². The molecule has 7 nitrogen and oxygen atoms in total. The number of H-pyrrole nitrogens is 1. The van der Waals surface area contributed by atoms with E-state index >= 15 is 0 Å². The first-order valence-electron chi connectivity index (χ1n) is 11.4. The Morgan fingerprint density at radius 3 is 2.41 bits per heavy atom. The molecule has 4 heterocycles. The third-order valence-corrected chi connectivity index (χ3v) is 6.75. The number of piperazine rings is 1. The lowest BCUT2D eigenvalue weighted by Crippen LogP contribution is -2.56. The Labute approximate surface area is 193 Å². The number of benzene rings is 1. The molecule has 1 aromatic carbocycles. The van der Waals surface area contributed by atoms with Crippen molar-refractivity contribution in [1.82, 2.24) is 20.1 Å². The summed E-state index contributed by atoms with van der Waals surface area (Å²) in [5, 5.41) is 8.09. The van der Waals surface area contributed by atoms with Crippen LogP contribution in [-0.2, 0) is 17.4 Å². The number of rotatable bonds is 5. The zero-order chi connectivity index (χ0) is 23.9. The Kier molecular flexibility index (Phi) is 5.75. The van der Waals surface area contributed by atoms with Crippen LogP contribution in [0.1, 0.15) is 36.9 Å². The molecular formula is C24H24F3N5O2. The molecule has 0 saturated carbocycles. The van der Waals surface area contributed by atoms with E-state index in [1.807, 2.05) is 21.9 Å². The van der Waals surface area contributed by atoms with E-state index in [0.29, 0.717) is 43.6 Å². The third kappa shape index (κ3) is 4.24. The first-order chi connectivity index (χ1) is 16.3. The zero-order valence-corrected chi connectivity index (χ0v) is 18.4. The SMILES string of the molecule is O=C(CCCc1n[nH]c(=O)c2ccccc12)N1C2CCC1CN(c1ccc(C(F)(F)F)cn1)C2. The number of aromatic amines is 1. The van der Waals surface area contributed by atoms with E-state index in [2.05, 4.69) is 15.2 Å². The molecule has 2 fully saturated rings. The second-order valence-electron chi connectivity index (χ2n) is 8.89. The molecule has 2 bridgehead atoms. The maximum Gasteiger partial charge on any atom is 0.417 e. The molecule has 10 heteroatoms. The van der Waals surface area contributed by atoms with Gasteiger partial charge in [-0.25, -0.2) is 10.1 Å². The highest BCUT2D eigenvalue weighted by molar-refractivity contribution is 5.83. The molecule has 0 aliphatic carbocycles. The van der Waals surface area contributed by atoms with Crippen LogP contribution in [0.2, 0.25) is 0 Å². The number of hydrogen-bond acceptors (Lipinski definition) is 5. The molecule has 5 rings (SSSR count). The van der Waals surface area contributed by atoms with Crippen LogP contribution in [0.3, 0.4) is 0 Å². The molecule has 2 aliphatic rings. The summed E-state index contributed by atoms with van der Waals surface area (Å²) >= 11 is 0. The summed E-state index contributed by atoms with van der Waals surface area (Å²) in [5.41, 5.74) is -0.227. The van der Waals surface area contributed by atoms with E-state index in [1.54, 1.807) is 12.1 Å². The number of halogens is 3. The number of amides is 1. The topological polar surface area (TPSA) is 82.2 Å².